The van der Waals surface area contributed by atoms with Crippen LogP contribution in [0.5, 0.6) is 0 Å². The maximum atomic E-state index is 14.7. The fraction of sp³-hybridized carbons (Fsp3) is 0. The molecule has 0 fully saturated rings. The van der Waals surface area contributed by atoms with Crippen LogP contribution in [0.2, 0.25) is 0 Å². The predicted octanol–water partition coefficient (Wildman–Crippen LogP) is 3.59. The fourth-order valence-electron chi connectivity index (χ4n) is 2.65. The lowest BCUT2D eigenvalue weighted by atomic mass is 9.90. The van der Waals surface area contributed by atoms with Crippen molar-refractivity contribution in [3.63, 3.8) is 0 Å². The van der Waals surface area contributed by atoms with Crippen LogP contribution in [0.3, 0.4) is 0 Å². The number of carbonyl (C=O) groups is 2. The van der Waals surface area contributed by atoms with Crippen molar-refractivity contribution in [2.45, 2.75) is 0 Å². The van der Waals surface area contributed by atoms with Gasteiger partial charge < -0.3 is 11.5 Å². The molecule has 0 bridgehead atoms. The highest BCUT2D eigenvalue weighted by atomic mass is 19.1. The lowest BCUT2D eigenvalue weighted by Gasteiger charge is -2.15. The van der Waals surface area contributed by atoms with Gasteiger partial charge in [-0.2, -0.15) is 0 Å². The lowest BCUT2D eigenvalue weighted by molar-refractivity contribution is 0.100. The van der Waals surface area contributed by atoms with E-state index in [-0.39, 0.29) is 11.1 Å². The summed E-state index contributed by atoms with van der Waals surface area (Å²) in [5, 5.41) is 0. The Kier molecular flexibility index (Phi) is 4.49. The Morgan fingerprint density at radius 3 is 1.50 bits per heavy atom. The molecule has 6 heteroatoms. The Labute approximate surface area is 148 Å². The molecular formula is C20H14F2N2O2. The lowest BCUT2D eigenvalue weighted by Crippen LogP contribution is -2.19. The van der Waals surface area contributed by atoms with Crippen molar-refractivity contribution >= 4 is 22.9 Å². The predicted molar refractivity (Wildman–Crippen MR) is 94.9 cm³/mol. The minimum atomic E-state index is -1.30. The topological polar surface area (TPSA) is 86.2 Å². The Morgan fingerprint density at radius 2 is 1.04 bits per heavy atom. The van der Waals surface area contributed by atoms with E-state index >= 15 is 0 Å². The summed E-state index contributed by atoms with van der Waals surface area (Å²) < 4.78 is 28.9. The summed E-state index contributed by atoms with van der Waals surface area (Å²) in [4.78, 5) is 25.6. The summed E-state index contributed by atoms with van der Waals surface area (Å²) in [7, 11) is 0. The van der Waals surface area contributed by atoms with Crippen LogP contribution < -0.4 is 11.5 Å². The fourth-order valence-corrected chi connectivity index (χ4v) is 2.65. The SMILES string of the molecule is Nc1c(F)c(N)c(C(=O)c2ccccc2)c(C(=O)c2ccccc2)c1F. The van der Waals surface area contributed by atoms with Gasteiger partial charge in [0, 0.05) is 11.1 Å². The Hall–Kier alpha value is -3.54. The van der Waals surface area contributed by atoms with Gasteiger partial charge in [0.1, 0.15) is 5.69 Å². The summed E-state index contributed by atoms with van der Waals surface area (Å²) >= 11 is 0. The highest BCUT2D eigenvalue weighted by Crippen LogP contribution is 2.33. The second kappa shape index (κ2) is 6.76. The maximum absolute atomic E-state index is 14.7. The second-order valence-corrected chi connectivity index (χ2v) is 5.60. The summed E-state index contributed by atoms with van der Waals surface area (Å²) in [6.45, 7) is 0. The number of ketones is 2. The van der Waals surface area contributed by atoms with Crippen LogP contribution in [-0.2, 0) is 0 Å². The van der Waals surface area contributed by atoms with E-state index in [1.54, 1.807) is 36.4 Å². The van der Waals surface area contributed by atoms with Crippen LogP contribution in [0.4, 0.5) is 20.2 Å². The minimum Gasteiger partial charge on any atom is -0.396 e. The van der Waals surface area contributed by atoms with Crippen LogP contribution in [-0.4, -0.2) is 11.6 Å². The van der Waals surface area contributed by atoms with Gasteiger partial charge in [-0.1, -0.05) is 60.7 Å². The van der Waals surface area contributed by atoms with E-state index in [1.807, 2.05) is 0 Å². The van der Waals surface area contributed by atoms with Crippen molar-refractivity contribution in [2.24, 2.45) is 0 Å². The van der Waals surface area contributed by atoms with Gasteiger partial charge in [-0.3, -0.25) is 9.59 Å². The number of hydrogen-bond acceptors (Lipinski definition) is 4. The zero-order valence-corrected chi connectivity index (χ0v) is 13.5. The van der Waals surface area contributed by atoms with Gasteiger partial charge in [-0.25, -0.2) is 8.78 Å². The maximum Gasteiger partial charge on any atom is 0.196 e. The molecule has 0 aliphatic rings. The summed E-state index contributed by atoms with van der Waals surface area (Å²) in [5.74, 6) is -4.13. The molecule has 3 aromatic carbocycles. The van der Waals surface area contributed by atoms with E-state index in [1.165, 1.54) is 24.3 Å². The van der Waals surface area contributed by atoms with Gasteiger partial charge in [0.05, 0.1) is 16.8 Å². The highest BCUT2D eigenvalue weighted by molar-refractivity contribution is 6.22. The molecule has 0 heterocycles. The van der Waals surface area contributed by atoms with E-state index in [9.17, 15) is 18.4 Å². The zero-order chi connectivity index (χ0) is 18.8. The molecule has 130 valence electrons. The highest BCUT2D eigenvalue weighted by Gasteiger charge is 2.30. The first kappa shape index (κ1) is 17.3. The number of hydrogen-bond donors (Lipinski definition) is 2. The van der Waals surface area contributed by atoms with Gasteiger partial charge >= 0.3 is 0 Å². The second-order valence-electron chi connectivity index (χ2n) is 5.60. The third-order valence-electron chi connectivity index (χ3n) is 3.97. The van der Waals surface area contributed by atoms with Gasteiger partial charge in [-0.15, -0.1) is 0 Å². The van der Waals surface area contributed by atoms with Crippen LogP contribution in [0.25, 0.3) is 0 Å². The third kappa shape index (κ3) is 2.82. The first-order chi connectivity index (χ1) is 12.4. The number of anilines is 2. The van der Waals surface area contributed by atoms with Gasteiger partial charge in [-0.05, 0) is 0 Å². The average molecular weight is 352 g/mol. The van der Waals surface area contributed by atoms with Gasteiger partial charge in [0.15, 0.2) is 23.2 Å². The normalized spacial score (nSPS) is 10.5. The van der Waals surface area contributed by atoms with Crippen molar-refractivity contribution < 1.29 is 18.4 Å². The molecule has 0 radical (unpaired) electrons. The number of nitrogen functional groups attached to an aromatic ring is 2. The van der Waals surface area contributed by atoms with Crippen molar-refractivity contribution in [3.05, 3.63) is 94.6 Å². The monoisotopic (exact) mass is 352 g/mol. The molecule has 0 aromatic heterocycles. The first-order valence-electron chi connectivity index (χ1n) is 7.68. The van der Waals surface area contributed by atoms with Crippen LogP contribution in [0, 0.1) is 11.6 Å². The Bertz CT molecular complexity index is 921. The van der Waals surface area contributed by atoms with Gasteiger partial charge in [0.25, 0.3) is 0 Å². The number of nitrogens with two attached hydrogens (primary N) is 2. The zero-order valence-electron chi connectivity index (χ0n) is 13.5. The first-order valence-corrected chi connectivity index (χ1v) is 7.68. The van der Waals surface area contributed by atoms with E-state index in [4.69, 9.17) is 11.5 Å². The van der Waals surface area contributed by atoms with Crippen LogP contribution in [0.15, 0.2) is 60.7 Å². The number of carbonyl (C=O) groups excluding carboxylic acids is 2. The molecular weight excluding hydrogens is 338 g/mol. The molecule has 0 amide bonds. The van der Waals surface area contributed by atoms with Crippen LogP contribution >= 0.6 is 0 Å². The molecule has 0 saturated heterocycles. The average Bonchev–Trinajstić information content (AvgIpc) is 2.69. The largest absolute Gasteiger partial charge is 0.396 e. The molecule has 0 aliphatic carbocycles. The summed E-state index contributed by atoms with van der Waals surface area (Å²) in [6, 6.07) is 15.5. The van der Waals surface area contributed by atoms with E-state index in [0.29, 0.717) is 0 Å². The van der Waals surface area contributed by atoms with Crippen molar-refractivity contribution in [2.75, 3.05) is 11.5 Å². The summed E-state index contributed by atoms with van der Waals surface area (Å²) in [6.07, 6.45) is 0. The summed E-state index contributed by atoms with van der Waals surface area (Å²) in [5.41, 5.74) is 8.67. The molecule has 0 aliphatic heterocycles. The molecule has 4 nitrogen and oxygen atoms in total. The van der Waals surface area contributed by atoms with E-state index in [2.05, 4.69) is 0 Å². The molecule has 4 N–H and O–H groups in total. The van der Waals surface area contributed by atoms with Gasteiger partial charge in [0.2, 0.25) is 0 Å². The molecule has 0 atom stereocenters. The Balaban J connectivity index is 2.30. The van der Waals surface area contributed by atoms with E-state index < -0.39 is 45.7 Å². The smallest absolute Gasteiger partial charge is 0.196 e. The van der Waals surface area contributed by atoms with Crippen molar-refractivity contribution in [1.29, 1.82) is 0 Å². The number of rotatable bonds is 4. The molecule has 0 saturated carbocycles. The van der Waals surface area contributed by atoms with E-state index in [0.717, 1.165) is 0 Å². The number of halogens is 2. The third-order valence-corrected chi connectivity index (χ3v) is 3.97. The van der Waals surface area contributed by atoms with Crippen molar-refractivity contribution in [1.82, 2.24) is 0 Å². The minimum absolute atomic E-state index is 0.124. The molecule has 3 aromatic rings. The molecule has 0 unspecified atom stereocenters. The molecule has 3 rings (SSSR count). The van der Waals surface area contributed by atoms with Crippen LogP contribution in [0.1, 0.15) is 31.8 Å². The number of benzene rings is 3. The molecule has 0 spiro atoms. The Morgan fingerprint density at radius 1 is 0.615 bits per heavy atom. The molecule has 26 heavy (non-hydrogen) atoms. The standard InChI is InChI=1S/C20H14F2N2O2/c21-15-13(19(25)11-7-3-1-4-8-11)14(17(23)16(22)18(15)24)20(26)12-9-5-2-6-10-12/h1-10H,23-24H2. The quantitative estimate of drug-likeness (QED) is 0.555. The van der Waals surface area contributed by atoms with Crippen molar-refractivity contribution in [3.8, 4) is 0 Å².